The Morgan fingerprint density at radius 2 is 2.26 bits per heavy atom. The van der Waals surface area contributed by atoms with E-state index >= 15 is 0 Å². The molecule has 0 saturated carbocycles. The van der Waals surface area contributed by atoms with Gasteiger partial charge in [0.05, 0.1) is 5.56 Å². The Hall–Kier alpha value is -1.75. The average molecular weight is 264 g/mol. The molecule has 1 aromatic rings. The average Bonchev–Trinajstić information content (AvgIpc) is 2.42. The number of phenolic OH excluding ortho intramolecular Hbond substituents is 2. The Balaban J connectivity index is 1.82. The van der Waals surface area contributed by atoms with Crippen LogP contribution in [-0.4, -0.2) is 35.8 Å². The van der Waals surface area contributed by atoms with Crippen molar-refractivity contribution in [1.29, 1.82) is 0 Å². The predicted octanol–water partition coefficient (Wildman–Crippen LogP) is 1.22. The van der Waals surface area contributed by atoms with Gasteiger partial charge in [-0.1, -0.05) is 0 Å². The standard InChI is InChI=1S/C14H20N2O3/c17-11-3-4-13(18)12(8-11)14(19)16-7-5-10-2-1-6-15-9-10/h3-4,8,10,15,17-18H,1-2,5-7,9H2,(H,16,19). The first kappa shape index (κ1) is 13.7. The van der Waals surface area contributed by atoms with E-state index in [2.05, 4.69) is 10.6 Å². The van der Waals surface area contributed by atoms with Gasteiger partial charge >= 0.3 is 0 Å². The van der Waals surface area contributed by atoms with E-state index in [1.165, 1.54) is 31.0 Å². The quantitative estimate of drug-likeness (QED) is 0.616. The highest BCUT2D eigenvalue weighted by atomic mass is 16.3. The maximum absolute atomic E-state index is 11.9. The summed E-state index contributed by atoms with van der Waals surface area (Å²) < 4.78 is 0. The van der Waals surface area contributed by atoms with Crippen molar-refractivity contribution < 1.29 is 15.0 Å². The summed E-state index contributed by atoms with van der Waals surface area (Å²) in [5.41, 5.74) is 0.113. The summed E-state index contributed by atoms with van der Waals surface area (Å²) in [5, 5.41) is 25.0. The van der Waals surface area contributed by atoms with Gasteiger partial charge in [-0.2, -0.15) is 0 Å². The molecule has 1 amide bonds. The Morgan fingerprint density at radius 3 is 3.00 bits per heavy atom. The first-order valence-corrected chi connectivity index (χ1v) is 6.67. The zero-order valence-corrected chi connectivity index (χ0v) is 10.9. The molecule has 0 aliphatic carbocycles. The third kappa shape index (κ3) is 3.86. The Labute approximate surface area is 112 Å². The second-order valence-electron chi connectivity index (χ2n) is 4.96. The van der Waals surface area contributed by atoms with Crippen LogP contribution in [0.4, 0.5) is 0 Å². The van der Waals surface area contributed by atoms with E-state index in [-0.39, 0.29) is 23.0 Å². The zero-order valence-electron chi connectivity index (χ0n) is 10.9. The van der Waals surface area contributed by atoms with Crippen molar-refractivity contribution in [2.24, 2.45) is 5.92 Å². The SMILES string of the molecule is O=C(NCCC1CCCNC1)c1cc(O)ccc1O. The van der Waals surface area contributed by atoms with E-state index in [1.807, 2.05) is 0 Å². The number of benzene rings is 1. The molecule has 1 heterocycles. The molecule has 1 fully saturated rings. The van der Waals surface area contributed by atoms with Gasteiger partial charge in [0, 0.05) is 6.54 Å². The molecular weight excluding hydrogens is 244 g/mol. The summed E-state index contributed by atoms with van der Waals surface area (Å²) in [6.07, 6.45) is 3.31. The molecule has 2 rings (SSSR count). The maximum atomic E-state index is 11.9. The van der Waals surface area contributed by atoms with Crippen molar-refractivity contribution in [3.63, 3.8) is 0 Å². The van der Waals surface area contributed by atoms with Gasteiger partial charge in [-0.3, -0.25) is 4.79 Å². The lowest BCUT2D eigenvalue weighted by Crippen LogP contribution is -2.33. The highest BCUT2D eigenvalue weighted by Crippen LogP contribution is 2.21. The number of aromatic hydroxyl groups is 2. The first-order chi connectivity index (χ1) is 9.16. The number of hydrogen-bond donors (Lipinski definition) is 4. The molecule has 1 saturated heterocycles. The number of phenols is 2. The fraction of sp³-hybridized carbons (Fsp3) is 0.500. The van der Waals surface area contributed by atoms with Crippen LogP contribution in [0.25, 0.3) is 0 Å². The molecule has 1 atom stereocenters. The van der Waals surface area contributed by atoms with Gasteiger partial charge in [0.1, 0.15) is 11.5 Å². The van der Waals surface area contributed by atoms with E-state index in [9.17, 15) is 15.0 Å². The number of carbonyl (C=O) groups excluding carboxylic acids is 1. The van der Waals surface area contributed by atoms with Crippen LogP contribution in [0.3, 0.4) is 0 Å². The van der Waals surface area contributed by atoms with Gasteiger partial charge in [0.2, 0.25) is 0 Å². The second kappa shape index (κ2) is 6.43. The van der Waals surface area contributed by atoms with Gasteiger partial charge in [0.15, 0.2) is 0 Å². The second-order valence-corrected chi connectivity index (χ2v) is 4.96. The molecule has 0 radical (unpaired) electrons. The fourth-order valence-electron chi connectivity index (χ4n) is 2.36. The van der Waals surface area contributed by atoms with E-state index in [0.29, 0.717) is 12.5 Å². The molecule has 104 valence electrons. The number of amides is 1. The molecule has 0 bridgehead atoms. The molecule has 0 spiro atoms. The summed E-state index contributed by atoms with van der Waals surface area (Å²) in [6.45, 7) is 2.67. The number of carbonyl (C=O) groups is 1. The molecule has 1 aliphatic rings. The minimum atomic E-state index is -0.350. The Bertz CT molecular complexity index is 442. The third-order valence-corrected chi connectivity index (χ3v) is 3.46. The Kier molecular flexibility index (Phi) is 4.63. The summed E-state index contributed by atoms with van der Waals surface area (Å²) in [4.78, 5) is 11.9. The summed E-state index contributed by atoms with van der Waals surface area (Å²) in [5.74, 6) is 0.109. The Morgan fingerprint density at radius 1 is 1.42 bits per heavy atom. The highest BCUT2D eigenvalue weighted by molar-refractivity contribution is 5.97. The topological polar surface area (TPSA) is 81.6 Å². The smallest absolute Gasteiger partial charge is 0.255 e. The molecule has 5 heteroatoms. The lowest BCUT2D eigenvalue weighted by Gasteiger charge is -2.22. The van der Waals surface area contributed by atoms with Crippen molar-refractivity contribution >= 4 is 5.91 Å². The molecule has 19 heavy (non-hydrogen) atoms. The molecule has 5 nitrogen and oxygen atoms in total. The van der Waals surface area contributed by atoms with Gasteiger partial charge in [-0.05, 0) is 56.5 Å². The van der Waals surface area contributed by atoms with Crippen LogP contribution in [0.5, 0.6) is 11.5 Å². The van der Waals surface area contributed by atoms with Crippen molar-refractivity contribution in [2.45, 2.75) is 19.3 Å². The van der Waals surface area contributed by atoms with Crippen LogP contribution in [0.15, 0.2) is 18.2 Å². The molecular formula is C14H20N2O3. The molecule has 0 aromatic heterocycles. The van der Waals surface area contributed by atoms with Crippen molar-refractivity contribution in [2.75, 3.05) is 19.6 Å². The summed E-state index contributed by atoms with van der Waals surface area (Å²) >= 11 is 0. The summed E-state index contributed by atoms with van der Waals surface area (Å²) in [7, 11) is 0. The molecule has 1 aromatic carbocycles. The van der Waals surface area contributed by atoms with Crippen molar-refractivity contribution in [3.05, 3.63) is 23.8 Å². The highest BCUT2D eigenvalue weighted by Gasteiger charge is 2.15. The molecule has 1 unspecified atom stereocenters. The van der Waals surface area contributed by atoms with E-state index < -0.39 is 0 Å². The fourth-order valence-corrected chi connectivity index (χ4v) is 2.36. The third-order valence-electron chi connectivity index (χ3n) is 3.46. The lowest BCUT2D eigenvalue weighted by atomic mass is 9.96. The largest absolute Gasteiger partial charge is 0.508 e. The van der Waals surface area contributed by atoms with Gasteiger partial charge in [0.25, 0.3) is 5.91 Å². The van der Waals surface area contributed by atoms with Crippen LogP contribution in [-0.2, 0) is 0 Å². The molecule has 4 N–H and O–H groups in total. The minimum absolute atomic E-state index is 0.0283. The van der Waals surface area contributed by atoms with Crippen LogP contribution in [0.1, 0.15) is 29.6 Å². The number of piperidine rings is 1. The normalized spacial score (nSPS) is 19.1. The van der Waals surface area contributed by atoms with E-state index in [1.54, 1.807) is 0 Å². The van der Waals surface area contributed by atoms with Crippen molar-refractivity contribution in [3.8, 4) is 11.5 Å². The zero-order chi connectivity index (χ0) is 13.7. The van der Waals surface area contributed by atoms with Crippen LogP contribution in [0, 0.1) is 5.92 Å². The van der Waals surface area contributed by atoms with Crippen LogP contribution in [0.2, 0.25) is 0 Å². The van der Waals surface area contributed by atoms with Gasteiger partial charge in [-0.15, -0.1) is 0 Å². The summed E-state index contributed by atoms with van der Waals surface area (Å²) in [6, 6.07) is 3.93. The van der Waals surface area contributed by atoms with Crippen molar-refractivity contribution in [1.82, 2.24) is 10.6 Å². The van der Waals surface area contributed by atoms with Gasteiger partial charge in [-0.25, -0.2) is 0 Å². The van der Waals surface area contributed by atoms with Crippen LogP contribution >= 0.6 is 0 Å². The van der Waals surface area contributed by atoms with E-state index in [0.717, 1.165) is 19.5 Å². The van der Waals surface area contributed by atoms with Crippen LogP contribution < -0.4 is 10.6 Å². The predicted molar refractivity (Wildman–Crippen MR) is 72.3 cm³/mol. The monoisotopic (exact) mass is 264 g/mol. The maximum Gasteiger partial charge on any atom is 0.255 e. The number of hydrogen-bond acceptors (Lipinski definition) is 4. The minimum Gasteiger partial charge on any atom is -0.508 e. The van der Waals surface area contributed by atoms with E-state index in [4.69, 9.17) is 0 Å². The number of rotatable bonds is 4. The number of nitrogens with one attached hydrogen (secondary N) is 2. The first-order valence-electron chi connectivity index (χ1n) is 6.67. The lowest BCUT2D eigenvalue weighted by molar-refractivity contribution is 0.0947. The molecule has 1 aliphatic heterocycles. The van der Waals surface area contributed by atoms with Gasteiger partial charge < -0.3 is 20.8 Å².